The quantitative estimate of drug-likeness (QED) is 0.434. The molecule has 1 aliphatic rings. The number of hydrogen-bond donors (Lipinski definition) is 0. The summed E-state index contributed by atoms with van der Waals surface area (Å²) < 4.78 is 0. The fraction of sp³-hybridized carbons (Fsp3) is 0.400. The molecular weight excluding hydrogens is 104 g/mol. The van der Waals surface area contributed by atoms with Gasteiger partial charge in [0, 0.05) is 6.21 Å². The number of carbonyl (C=O) groups is 1. The number of rotatable bonds is 0. The zero-order valence-corrected chi connectivity index (χ0v) is 4.59. The second-order valence-corrected chi connectivity index (χ2v) is 1.54. The summed E-state index contributed by atoms with van der Waals surface area (Å²) in [5, 5.41) is 0. The highest BCUT2D eigenvalue weighted by molar-refractivity contribution is 6.40. The molecule has 0 aromatic rings. The second-order valence-electron chi connectivity index (χ2n) is 1.54. The summed E-state index contributed by atoms with van der Waals surface area (Å²) in [7, 11) is 0. The topological polar surface area (TPSA) is 41.8 Å². The Labute approximate surface area is 47.1 Å². The van der Waals surface area contributed by atoms with Crippen LogP contribution in [0.1, 0.15) is 6.92 Å². The minimum absolute atomic E-state index is 0.212. The first kappa shape index (κ1) is 5.15. The average molecular weight is 110 g/mol. The molecular formula is C5H6N2O. The molecule has 0 unspecified atom stereocenters. The maximum absolute atomic E-state index is 10.5. The van der Waals surface area contributed by atoms with Crippen LogP contribution in [0.4, 0.5) is 0 Å². The molecule has 0 N–H and O–H groups in total. The Bertz CT molecular complexity index is 169. The summed E-state index contributed by atoms with van der Waals surface area (Å²) in [6.07, 6.45) is 1.51. The van der Waals surface area contributed by atoms with Gasteiger partial charge in [-0.25, -0.2) is 4.99 Å². The van der Waals surface area contributed by atoms with Crippen molar-refractivity contribution >= 4 is 17.8 Å². The molecule has 0 spiro atoms. The largest absolute Gasteiger partial charge is 0.290 e. The van der Waals surface area contributed by atoms with Crippen LogP contribution in [0.3, 0.4) is 0 Å². The van der Waals surface area contributed by atoms with Crippen molar-refractivity contribution in [1.82, 2.24) is 0 Å². The fourth-order valence-electron chi connectivity index (χ4n) is 0.463. The molecule has 0 aromatic carbocycles. The van der Waals surface area contributed by atoms with Gasteiger partial charge in [-0.3, -0.25) is 9.79 Å². The Balaban J connectivity index is 2.78. The lowest BCUT2D eigenvalue weighted by molar-refractivity contribution is -0.111. The van der Waals surface area contributed by atoms with Crippen molar-refractivity contribution in [3.05, 3.63) is 0 Å². The van der Waals surface area contributed by atoms with Crippen molar-refractivity contribution in [3.63, 3.8) is 0 Å². The molecule has 0 atom stereocenters. The van der Waals surface area contributed by atoms with E-state index in [2.05, 4.69) is 9.98 Å². The lowest BCUT2D eigenvalue weighted by Crippen LogP contribution is -2.12. The van der Waals surface area contributed by atoms with Gasteiger partial charge in [0.15, 0.2) is 0 Å². The molecule has 3 heteroatoms. The minimum atomic E-state index is -0.212. The van der Waals surface area contributed by atoms with E-state index in [0.29, 0.717) is 12.3 Å². The molecule has 0 aromatic heterocycles. The van der Waals surface area contributed by atoms with E-state index in [1.807, 2.05) is 0 Å². The molecule has 8 heavy (non-hydrogen) atoms. The van der Waals surface area contributed by atoms with Gasteiger partial charge in [0.05, 0.1) is 12.3 Å². The van der Waals surface area contributed by atoms with Gasteiger partial charge < -0.3 is 0 Å². The van der Waals surface area contributed by atoms with E-state index >= 15 is 0 Å². The number of hydrogen-bond acceptors (Lipinski definition) is 2. The van der Waals surface area contributed by atoms with Crippen molar-refractivity contribution in [2.45, 2.75) is 6.92 Å². The molecule has 42 valence electrons. The summed E-state index contributed by atoms with van der Waals surface area (Å²) in [5.74, 6) is -0.212. The highest BCUT2D eigenvalue weighted by atomic mass is 16.1. The molecule has 0 bridgehead atoms. The first-order valence-corrected chi connectivity index (χ1v) is 2.38. The summed E-state index contributed by atoms with van der Waals surface area (Å²) in [6.45, 7) is 2.22. The summed E-state index contributed by atoms with van der Waals surface area (Å²) in [6, 6.07) is 0. The maximum Gasteiger partial charge on any atom is 0.290 e. The van der Waals surface area contributed by atoms with Gasteiger partial charge in [0.1, 0.15) is 0 Å². The third kappa shape index (κ3) is 0.804. The van der Waals surface area contributed by atoms with Gasteiger partial charge in [-0.05, 0) is 6.92 Å². The smallest absolute Gasteiger partial charge is 0.279 e. The van der Waals surface area contributed by atoms with Crippen molar-refractivity contribution in [1.29, 1.82) is 0 Å². The first-order chi connectivity index (χ1) is 3.80. The van der Waals surface area contributed by atoms with E-state index in [9.17, 15) is 4.79 Å². The molecule has 3 nitrogen and oxygen atoms in total. The van der Waals surface area contributed by atoms with Crippen LogP contribution in [-0.2, 0) is 4.79 Å². The number of amides is 1. The van der Waals surface area contributed by atoms with Crippen LogP contribution in [0.25, 0.3) is 0 Å². The van der Waals surface area contributed by atoms with Gasteiger partial charge in [-0.2, -0.15) is 0 Å². The minimum Gasteiger partial charge on any atom is -0.279 e. The van der Waals surface area contributed by atoms with Crippen LogP contribution in [0, 0.1) is 0 Å². The molecule has 1 aliphatic heterocycles. The van der Waals surface area contributed by atoms with Gasteiger partial charge in [0.25, 0.3) is 5.91 Å². The normalized spacial score (nSPS) is 18.6. The highest BCUT2D eigenvalue weighted by Gasteiger charge is 2.03. The Kier molecular flexibility index (Phi) is 1.20. The van der Waals surface area contributed by atoms with E-state index in [0.717, 1.165) is 0 Å². The Hall–Kier alpha value is -0.990. The third-order valence-corrected chi connectivity index (χ3v) is 0.928. The van der Waals surface area contributed by atoms with Crippen molar-refractivity contribution in [2.24, 2.45) is 9.98 Å². The van der Waals surface area contributed by atoms with E-state index in [1.54, 1.807) is 6.92 Å². The second kappa shape index (κ2) is 1.86. The van der Waals surface area contributed by atoms with Crippen molar-refractivity contribution in [3.8, 4) is 0 Å². The molecule has 0 aliphatic carbocycles. The predicted octanol–water partition coefficient (Wildman–Crippen LogP) is 0.0583. The lowest BCUT2D eigenvalue weighted by atomic mass is 10.4. The van der Waals surface area contributed by atoms with Crippen LogP contribution in [0.15, 0.2) is 9.98 Å². The van der Waals surface area contributed by atoms with Gasteiger partial charge >= 0.3 is 0 Å². The fourth-order valence-corrected chi connectivity index (χ4v) is 0.463. The Morgan fingerprint density at radius 1 is 1.75 bits per heavy atom. The maximum atomic E-state index is 10.5. The molecule has 1 heterocycles. The molecule has 0 fully saturated rings. The summed E-state index contributed by atoms with van der Waals surface area (Å²) >= 11 is 0. The van der Waals surface area contributed by atoms with Crippen LogP contribution in [0.2, 0.25) is 0 Å². The molecule has 0 saturated heterocycles. The standard InChI is InChI=1S/C5H6N2O/c1-4-5(8)7-3-2-6-4/h3H,2H2,1H3. The van der Waals surface area contributed by atoms with Gasteiger partial charge in [0.2, 0.25) is 0 Å². The van der Waals surface area contributed by atoms with Crippen molar-refractivity contribution in [2.75, 3.05) is 6.54 Å². The SMILES string of the molecule is CC1=NCC=NC1=O. The average Bonchev–Trinajstić information content (AvgIpc) is 1.77. The van der Waals surface area contributed by atoms with Crippen LogP contribution in [-0.4, -0.2) is 24.4 Å². The van der Waals surface area contributed by atoms with Crippen LogP contribution in [0.5, 0.6) is 0 Å². The number of carbonyl (C=O) groups excluding carboxylic acids is 1. The molecule has 1 amide bonds. The predicted molar refractivity (Wildman–Crippen MR) is 31.5 cm³/mol. The lowest BCUT2D eigenvalue weighted by Gasteiger charge is -1.96. The zero-order valence-electron chi connectivity index (χ0n) is 4.59. The molecule has 0 saturated carbocycles. The number of nitrogens with zero attached hydrogens (tertiary/aromatic N) is 2. The first-order valence-electron chi connectivity index (χ1n) is 2.38. The van der Waals surface area contributed by atoms with Crippen LogP contribution >= 0.6 is 0 Å². The van der Waals surface area contributed by atoms with Crippen molar-refractivity contribution < 1.29 is 4.79 Å². The summed E-state index contributed by atoms with van der Waals surface area (Å²) in [4.78, 5) is 17.8. The summed E-state index contributed by atoms with van der Waals surface area (Å²) in [5.41, 5.74) is 0.507. The van der Waals surface area contributed by atoms with Crippen LogP contribution < -0.4 is 0 Å². The molecule has 1 rings (SSSR count). The number of aliphatic imine (C=N–C) groups is 2. The zero-order chi connectivity index (χ0) is 5.98. The van der Waals surface area contributed by atoms with Gasteiger partial charge in [-0.1, -0.05) is 0 Å². The van der Waals surface area contributed by atoms with E-state index < -0.39 is 0 Å². The monoisotopic (exact) mass is 110 g/mol. The Morgan fingerprint density at radius 3 is 2.88 bits per heavy atom. The van der Waals surface area contributed by atoms with E-state index in [4.69, 9.17) is 0 Å². The van der Waals surface area contributed by atoms with E-state index in [1.165, 1.54) is 6.21 Å². The highest BCUT2D eigenvalue weighted by Crippen LogP contribution is 1.87. The van der Waals surface area contributed by atoms with Gasteiger partial charge in [-0.15, -0.1) is 0 Å². The van der Waals surface area contributed by atoms with E-state index in [-0.39, 0.29) is 5.91 Å². The Morgan fingerprint density at radius 2 is 2.50 bits per heavy atom. The molecule has 0 radical (unpaired) electrons. The third-order valence-electron chi connectivity index (χ3n) is 0.928.